The highest BCUT2D eigenvalue weighted by molar-refractivity contribution is 5.90. The number of likely N-dealkylation sites (tertiary alicyclic amines) is 1. The van der Waals surface area contributed by atoms with E-state index >= 15 is 0 Å². The molecule has 0 saturated carbocycles. The second-order valence-corrected chi connectivity index (χ2v) is 15.0. The Labute approximate surface area is 306 Å². The van der Waals surface area contributed by atoms with Crippen molar-refractivity contribution in [2.24, 2.45) is 23.7 Å². The Kier molecular flexibility index (Phi) is 18.0. The molecule has 4 amide bonds. The SMILES string of the molecule is CC[C@H](C)[C@@H]([C@@H](CC(=O)N1CCC[C@H]1[C@H](OC)[C@@H](C)C(=O)N[C@H](C)[C@@H](O)c1ccccc1)OC)N(C)C(=O)[C@H](NC(=O)[C@@H](NC)C(C)C)C(C)C. The second-order valence-electron chi connectivity index (χ2n) is 15.0. The van der Waals surface area contributed by atoms with Gasteiger partial charge in [-0.3, -0.25) is 19.2 Å². The van der Waals surface area contributed by atoms with Crippen molar-refractivity contribution in [2.45, 2.75) is 130 Å². The Balaban J connectivity index is 2.24. The van der Waals surface area contributed by atoms with Gasteiger partial charge in [-0.15, -0.1) is 0 Å². The third-order valence-corrected chi connectivity index (χ3v) is 10.7. The number of amides is 4. The molecule has 10 atom stereocenters. The molecule has 290 valence electrons. The molecule has 1 aliphatic rings. The largest absolute Gasteiger partial charge is 0.386 e. The summed E-state index contributed by atoms with van der Waals surface area (Å²) in [7, 11) is 6.57. The van der Waals surface area contributed by atoms with Crippen molar-refractivity contribution < 1.29 is 33.8 Å². The van der Waals surface area contributed by atoms with E-state index in [1.807, 2.05) is 71.9 Å². The fraction of sp³-hybridized carbons (Fsp3) is 0.744. The van der Waals surface area contributed by atoms with Gasteiger partial charge in [-0.05, 0) is 50.1 Å². The van der Waals surface area contributed by atoms with Crippen molar-refractivity contribution in [1.82, 2.24) is 25.8 Å². The fourth-order valence-electron chi connectivity index (χ4n) is 7.42. The summed E-state index contributed by atoms with van der Waals surface area (Å²) in [5.74, 6) is -1.62. The zero-order valence-corrected chi connectivity index (χ0v) is 33.1. The number of carbonyl (C=O) groups excluding carboxylic acids is 4. The lowest BCUT2D eigenvalue weighted by molar-refractivity contribution is -0.148. The molecule has 1 aliphatic heterocycles. The number of aliphatic hydroxyl groups excluding tert-OH is 1. The number of ether oxygens (including phenoxy) is 2. The molecule has 12 heteroatoms. The number of nitrogens with zero attached hydrogens (tertiary/aromatic N) is 2. The number of hydrogen-bond acceptors (Lipinski definition) is 8. The van der Waals surface area contributed by atoms with Gasteiger partial charge in [0.2, 0.25) is 23.6 Å². The molecule has 51 heavy (non-hydrogen) atoms. The summed E-state index contributed by atoms with van der Waals surface area (Å²) >= 11 is 0. The lowest BCUT2D eigenvalue weighted by atomic mass is 9.89. The minimum Gasteiger partial charge on any atom is -0.386 e. The molecular weight excluding hydrogens is 650 g/mol. The highest BCUT2D eigenvalue weighted by atomic mass is 16.5. The summed E-state index contributed by atoms with van der Waals surface area (Å²) in [5.41, 5.74) is 0.711. The minimum atomic E-state index is -0.875. The van der Waals surface area contributed by atoms with Gasteiger partial charge < -0.3 is 40.3 Å². The van der Waals surface area contributed by atoms with Gasteiger partial charge in [0, 0.05) is 27.8 Å². The van der Waals surface area contributed by atoms with Crippen LogP contribution >= 0.6 is 0 Å². The molecule has 2 rings (SSSR count). The number of methoxy groups -OCH3 is 2. The standard InChI is InChI=1S/C39H67N5O7/c1-13-25(6)34(43(10)39(49)33(24(4)5)42-38(48)32(40-9)23(2)3)30(50-11)22-31(45)44-21-17-20-29(44)36(51-12)26(7)37(47)41-27(8)35(46)28-18-15-14-16-19-28/h14-16,18-19,23-27,29-30,32-36,40,46H,13,17,20-22H2,1-12H3,(H,41,47)(H,42,48)/t25-,26+,27+,29-,30+,32-,33+,34-,35+,36+/m0/s1. The number of likely N-dealkylation sites (N-methyl/N-ethyl adjacent to an activating group) is 2. The minimum absolute atomic E-state index is 0.0148. The topological polar surface area (TPSA) is 150 Å². The Morgan fingerprint density at radius 1 is 0.922 bits per heavy atom. The molecule has 1 saturated heterocycles. The molecule has 1 heterocycles. The van der Waals surface area contributed by atoms with Crippen LogP contribution in [0, 0.1) is 23.7 Å². The van der Waals surface area contributed by atoms with Crippen LogP contribution in [0.25, 0.3) is 0 Å². The van der Waals surface area contributed by atoms with Gasteiger partial charge in [-0.1, -0.05) is 85.2 Å². The van der Waals surface area contributed by atoms with Gasteiger partial charge in [-0.25, -0.2) is 0 Å². The van der Waals surface area contributed by atoms with E-state index in [0.717, 1.165) is 12.8 Å². The van der Waals surface area contributed by atoms with E-state index in [4.69, 9.17) is 9.47 Å². The average Bonchev–Trinajstić information content (AvgIpc) is 3.59. The summed E-state index contributed by atoms with van der Waals surface area (Å²) in [5, 5.41) is 19.8. The molecule has 1 fully saturated rings. The van der Waals surface area contributed by atoms with Gasteiger partial charge in [0.25, 0.3) is 0 Å². The summed E-state index contributed by atoms with van der Waals surface area (Å²) in [6.07, 6.45) is 0.147. The van der Waals surface area contributed by atoms with E-state index in [2.05, 4.69) is 16.0 Å². The predicted octanol–water partition coefficient (Wildman–Crippen LogP) is 3.53. The van der Waals surface area contributed by atoms with E-state index in [9.17, 15) is 24.3 Å². The second kappa shape index (κ2) is 20.8. The highest BCUT2D eigenvalue weighted by Gasteiger charge is 2.43. The van der Waals surface area contributed by atoms with Gasteiger partial charge >= 0.3 is 0 Å². The number of carbonyl (C=O) groups is 4. The van der Waals surface area contributed by atoms with Crippen LogP contribution in [-0.4, -0.2) is 116 Å². The first kappa shape index (κ1) is 44.1. The third-order valence-electron chi connectivity index (χ3n) is 10.7. The van der Waals surface area contributed by atoms with Gasteiger partial charge in [0.15, 0.2) is 0 Å². The summed E-state index contributed by atoms with van der Waals surface area (Å²) < 4.78 is 11.9. The molecule has 1 aromatic rings. The van der Waals surface area contributed by atoms with Crippen molar-refractivity contribution in [1.29, 1.82) is 0 Å². The lowest BCUT2D eigenvalue weighted by Crippen LogP contribution is -2.59. The van der Waals surface area contributed by atoms with E-state index in [0.29, 0.717) is 18.5 Å². The normalized spacial score (nSPS) is 20.1. The first-order valence-electron chi connectivity index (χ1n) is 18.7. The van der Waals surface area contributed by atoms with Crippen LogP contribution in [0.5, 0.6) is 0 Å². The Bertz CT molecular complexity index is 1250. The Morgan fingerprint density at radius 2 is 1.53 bits per heavy atom. The Hall–Kier alpha value is -3.06. The molecule has 0 unspecified atom stereocenters. The zero-order chi connectivity index (χ0) is 38.6. The van der Waals surface area contributed by atoms with E-state index < -0.39 is 48.4 Å². The number of aliphatic hydroxyl groups is 1. The van der Waals surface area contributed by atoms with Gasteiger partial charge in [-0.2, -0.15) is 0 Å². The van der Waals surface area contributed by atoms with E-state index in [1.165, 1.54) is 0 Å². The van der Waals surface area contributed by atoms with Crippen molar-refractivity contribution >= 4 is 23.6 Å². The van der Waals surface area contributed by atoms with Crippen molar-refractivity contribution in [3.8, 4) is 0 Å². The van der Waals surface area contributed by atoms with Gasteiger partial charge in [0.05, 0.1) is 54.8 Å². The third kappa shape index (κ3) is 11.5. The molecular formula is C39H67N5O7. The molecule has 0 spiro atoms. The number of benzene rings is 1. The van der Waals surface area contributed by atoms with Gasteiger partial charge in [0.1, 0.15) is 6.04 Å². The summed E-state index contributed by atoms with van der Waals surface area (Å²) in [4.78, 5) is 58.3. The van der Waals surface area contributed by atoms with Crippen molar-refractivity contribution in [3.63, 3.8) is 0 Å². The molecule has 0 radical (unpaired) electrons. The zero-order valence-electron chi connectivity index (χ0n) is 33.1. The number of rotatable bonds is 20. The molecule has 1 aromatic carbocycles. The molecule has 4 N–H and O–H groups in total. The fourth-order valence-corrected chi connectivity index (χ4v) is 7.42. The molecule has 0 bridgehead atoms. The monoisotopic (exact) mass is 718 g/mol. The Morgan fingerprint density at radius 3 is 2.04 bits per heavy atom. The van der Waals surface area contributed by atoms with Crippen LogP contribution in [0.1, 0.15) is 92.7 Å². The van der Waals surface area contributed by atoms with Crippen molar-refractivity contribution in [2.75, 3.05) is 34.9 Å². The lowest BCUT2D eigenvalue weighted by Gasteiger charge is -2.41. The van der Waals surface area contributed by atoms with Crippen LogP contribution in [0.4, 0.5) is 0 Å². The first-order chi connectivity index (χ1) is 24.0. The maximum atomic E-state index is 14.1. The maximum absolute atomic E-state index is 14.1. The highest BCUT2D eigenvalue weighted by Crippen LogP contribution is 2.30. The quantitative estimate of drug-likeness (QED) is 0.160. The number of nitrogens with one attached hydrogen (secondary N) is 3. The van der Waals surface area contributed by atoms with Crippen LogP contribution in [0.3, 0.4) is 0 Å². The molecule has 0 aliphatic carbocycles. The smallest absolute Gasteiger partial charge is 0.245 e. The van der Waals surface area contributed by atoms with Crippen LogP contribution < -0.4 is 16.0 Å². The maximum Gasteiger partial charge on any atom is 0.245 e. The van der Waals surface area contributed by atoms with E-state index in [1.54, 1.807) is 52.0 Å². The summed E-state index contributed by atoms with van der Waals surface area (Å²) in [6.45, 7) is 15.9. The molecule has 12 nitrogen and oxygen atoms in total. The van der Waals surface area contributed by atoms with Crippen molar-refractivity contribution in [3.05, 3.63) is 35.9 Å². The van der Waals surface area contributed by atoms with E-state index in [-0.39, 0.29) is 53.8 Å². The summed E-state index contributed by atoms with van der Waals surface area (Å²) in [6, 6.07) is 6.67. The van der Waals surface area contributed by atoms with Crippen LogP contribution in [0.2, 0.25) is 0 Å². The number of hydrogen-bond donors (Lipinski definition) is 4. The molecule has 0 aromatic heterocycles. The van der Waals surface area contributed by atoms with Crippen LogP contribution in [-0.2, 0) is 28.7 Å². The van der Waals surface area contributed by atoms with Crippen LogP contribution in [0.15, 0.2) is 30.3 Å². The predicted molar refractivity (Wildman–Crippen MR) is 200 cm³/mol. The average molecular weight is 718 g/mol. The first-order valence-corrected chi connectivity index (χ1v) is 18.7.